The number of non-ortho nitro benzene ring substituents is 1. The van der Waals surface area contributed by atoms with E-state index >= 15 is 0 Å². The summed E-state index contributed by atoms with van der Waals surface area (Å²) in [6.07, 6.45) is 0. The number of rotatable bonds is 6. The van der Waals surface area contributed by atoms with E-state index in [1.165, 1.54) is 6.92 Å². The molecule has 2 aromatic carbocycles. The lowest BCUT2D eigenvalue weighted by atomic mass is 10.2. The standard InChI is InChI=1S/C16H16N2O5S/c1-12(16(19)17-11-13-5-3-2-4-6-13)24(22,23)15-9-7-14(8-10-15)18(20)21/h2-10,12H,11H2,1H3,(H,17,19)/t12-/m1/s1. The molecule has 0 fully saturated rings. The summed E-state index contributed by atoms with van der Waals surface area (Å²) in [6.45, 7) is 1.51. The quantitative estimate of drug-likeness (QED) is 0.635. The molecule has 0 spiro atoms. The van der Waals surface area contributed by atoms with Crippen molar-refractivity contribution in [2.24, 2.45) is 0 Å². The van der Waals surface area contributed by atoms with E-state index in [2.05, 4.69) is 5.32 Å². The Morgan fingerprint density at radius 3 is 2.25 bits per heavy atom. The molecule has 0 heterocycles. The molecule has 24 heavy (non-hydrogen) atoms. The fraction of sp³-hybridized carbons (Fsp3) is 0.188. The molecule has 1 atom stereocenters. The van der Waals surface area contributed by atoms with Crippen molar-refractivity contribution in [3.63, 3.8) is 0 Å². The van der Waals surface area contributed by atoms with E-state index < -0.39 is 25.9 Å². The molecule has 0 radical (unpaired) electrons. The van der Waals surface area contributed by atoms with Crippen LogP contribution in [-0.2, 0) is 21.2 Å². The second-order valence-electron chi connectivity index (χ2n) is 5.14. The minimum atomic E-state index is -3.92. The van der Waals surface area contributed by atoms with E-state index in [-0.39, 0.29) is 17.1 Å². The summed E-state index contributed by atoms with van der Waals surface area (Å²) in [5.41, 5.74) is 0.640. The van der Waals surface area contributed by atoms with Crippen LogP contribution in [0.15, 0.2) is 59.5 Å². The number of nitro groups is 1. The molecule has 0 aliphatic rings. The second-order valence-corrected chi connectivity index (χ2v) is 7.41. The Balaban J connectivity index is 2.10. The number of carbonyl (C=O) groups excluding carboxylic acids is 1. The predicted molar refractivity (Wildman–Crippen MR) is 88.0 cm³/mol. The van der Waals surface area contributed by atoms with E-state index in [0.29, 0.717) is 0 Å². The zero-order valence-corrected chi connectivity index (χ0v) is 13.7. The number of hydrogen-bond acceptors (Lipinski definition) is 5. The molecular formula is C16H16N2O5S. The van der Waals surface area contributed by atoms with Gasteiger partial charge in [-0.2, -0.15) is 0 Å². The lowest BCUT2D eigenvalue weighted by Crippen LogP contribution is -2.37. The molecule has 0 bridgehead atoms. The first-order valence-electron chi connectivity index (χ1n) is 7.12. The molecule has 0 saturated carbocycles. The fourth-order valence-corrected chi connectivity index (χ4v) is 3.32. The lowest BCUT2D eigenvalue weighted by molar-refractivity contribution is -0.384. The van der Waals surface area contributed by atoms with Gasteiger partial charge >= 0.3 is 0 Å². The highest BCUT2D eigenvalue weighted by Crippen LogP contribution is 2.20. The van der Waals surface area contributed by atoms with E-state index in [1.54, 1.807) is 0 Å². The van der Waals surface area contributed by atoms with Gasteiger partial charge in [0.15, 0.2) is 9.84 Å². The summed E-state index contributed by atoms with van der Waals surface area (Å²) in [6, 6.07) is 13.6. The maximum atomic E-state index is 12.4. The van der Waals surface area contributed by atoms with Gasteiger partial charge in [-0.15, -0.1) is 0 Å². The fourth-order valence-electron chi connectivity index (χ4n) is 2.03. The van der Waals surface area contributed by atoms with Crippen molar-refractivity contribution >= 4 is 21.4 Å². The third-order valence-corrected chi connectivity index (χ3v) is 5.59. The third kappa shape index (κ3) is 3.96. The van der Waals surface area contributed by atoms with E-state index in [9.17, 15) is 23.3 Å². The summed E-state index contributed by atoms with van der Waals surface area (Å²) in [4.78, 5) is 22.0. The summed E-state index contributed by atoms with van der Waals surface area (Å²) in [7, 11) is -3.92. The minimum Gasteiger partial charge on any atom is -0.351 e. The molecule has 0 aromatic heterocycles. The Morgan fingerprint density at radius 2 is 1.71 bits per heavy atom. The SMILES string of the molecule is C[C@H](C(=O)NCc1ccccc1)S(=O)(=O)c1ccc([N+](=O)[O-])cc1. The number of nitro benzene ring substituents is 1. The maximum Gasteiger partial charge on any atom is 0.269 e. The summed E-state index contributed by atoms with van der Waals surface area (Å²) in [5, 5.41) is 11.9. The number of sulfone groups is 1. The van der Waals surface area contributed by atoms with Crippen molar-refractivity contribution in [1.82, 2.24) is 5.32 Å². The monoisotopic (exact) mass is 348 g/mol. The van der Waals surface area contributed by atoms with Crippen LogP contribution in [-0.4, -0.2) is 24.5 Å². The molecule has 0 unspecified atom stereocenters. The van der Waals surface area contributed by atoms with E-state index in [4.69, 9.17) is 0 Å². The van der Waals surface area contributed by atoms with Gasteiger partial charge in [0.05, 0.1) is 9.82 Å². The van der Waals surface area contributed by atoms with Crippen molar-refractivity contribution in [2.45, 2.75) is 23.6 Å². The Kier molecular flexibility index (Phi) is 5.30. The van der Waals surface area contributed by atoms with Gasteiger partial charge in [-0.1, -0.05) is 30.3 Å². The summed E-state index contributed by atoms with van der Waals surface area (Å²) >= 11 is 0. The third-order valence-electron chi connectivity index (χ3n) is 3.52. The topological polar surface area (TPSA) is 106 Å². The zero-order chi connectivity index (χ0) is 17.7. The molecule has 0 aliphatic heterocycles. The molecule has 2 aromatic rings. The summed E-state index contributed by atoms with van der Waals surface area (Å²) in [5.74, 6) is -0.628. The van der Waals surface area contributed by atoms with Gasteiger partial charge in [-0.3, -0.25) is 14.9 Å². The average molecular weight is 348 g/mol. The molecule has 0 aliphatic carbocycles. The molecule has 1 amide bonds. The van der Waals surface area contributed by atoms with Crippen LogP contribution < -0.4 is 5.32 Å². The largest absolute Gasteiger partial charge is 0.351 e. The van der Waals surface area contributed by atoms with Crippen LogP contribution in [0.1, 0.15) is 12.5 Å². The van der Waals surface area contributed by atoms with Crippen molar-refractivity contribution in [3.05, 3.63) is 70.3 Å². The average Bonchev–Trinajstić information content (AvgIpc) is 2.59. The number of benzene rings is 2. The van der Waals surface area contributed by atoms with Crippen molar-refractivity contribution in [2.75, 3.05) is 0 Å². The first-order chi connectivity index (χ1) is 11.3. The van der Waals surface area contributed by atoms with Crippen molar-refractivity contribution in [1.29, 1.82) is 0 Å². The van der Waals surface area contributed by atoms with E-state index in [1.807, 2.05) is 30.3 Å². The van der Waals surface area contributed by atoms with Crippen molar-refractivity contribution in [3.8, 4) is 0 Å². The predicted octanol–water partition coefficient (Wildman–Crippen LogP) is 2.07. The van der Waals surface area contributed by atoms with Crippen LogP contribution in [0.4, 0.5) is 5.69 Å². The van der Waals surface area contributed by atoms with Gasteiger partial charge in [0, 0.05) is 18.7 Å². The number of carbonyl (C=O) groups is 1. The van der Waals surface area contributed by atoms with Crippen LogP contribution in [0.25, 0.3) is 0 Å². The van der Waals surface area contributed by atoms with Gasteiger partial charge in [0.1, 0.15) is 5.25 Å². The van der Waals surface area contributed by atoms with Crippen LogP contribution in [0.5, 0.6) is 0 Å². The smallest absolute Gasteiger partial charge is 0.269 e. The maximum absolute atomic E-state index is 12.4. The molecule has 7 nitrogen and oxygen atoms in total. The van der Waals surface area contributed by atoms with Gasteiger partial charge in [0.25, 0.3) is 5.69 Å². The molecular weight excluding hydrogens is 332 g/mol. The first-order valence-corrected chi connectivity index (χ1v) is 8.67. The number of amides is 1. The number of nitrogens with one attached hydrogen (secondary N) is 1. The molecule has 126 valence electrons. The Morgan fingerprint density at radius 1 is 1.12 bits per heavy atom. The highest BCUT2D eigenvalue weighted by atomic mass is 32.2. The lowest BCUT2D eigenvalue weighted by Gasteiger charge is -2.13. The van der Waals surface area contributed by atoms with Crippen LogP contribution >= 0.6 is 0 Å². The van der Waals surface area contributed by atoms with Gasteiger partial charge < -0.3 is 5.32 Å². The van der Waals surface area contributed by atoms with Crippen LogP contribution in [0.3, 0.4) is 0 Å². The van der Waals surface area contributed by atoms with Gasteiger partial charge in [-0.25, -0.2) is 8.42 Å². The van der Waals surface area contributed by atoms with Crippen LogP contribution in [0.2, 0.25) is 0 Å². The Hall–Kier alpha value is -2.74. The summed E-state index contributed by atoms with van der Waals surface area (Å²) < 4.78 is 24.9. The Labute approximate surface area is 139 Å². The van der Waals surface area contributed by atoms with Gasteiger partial charge in [0.2, 0.25) is 5.91 Å². The number of hydrogen-bond donors (Lipinski definition) is 1. The Bertz CT molecular complexity index is 833. The van der Waals surface area contributed by atoms with E-state index in [0.717, 1.165) is 29.8 Å². The number of nitrogens with zero attached hydrogens (tertiary/aromatic N) is 1. The van der Waals surface area contributed by atoms with Gasteiger partial charge in [-0.05, 0) is 24.6 Å². The van der Waals surface area contributed by atoms with Crippen molar-refractivity contribution < 1.29 is 18.1 Å². The first kappa shape index (κ1) is 17.6. The molecule has 2 rings (SSSR count). The minimum absolute atomic E-state index is 0.129. The highest BCUT2D eigenvalue weighted by molar-refractivity contribution is 7.92. The molecule has 0 saturated heterocycles. The highest BCUT2D eigenvalue weighted by Gasteiger charge is 2.29. The van der Waals surface area contributed by atoms with Crippen LogP contribution in [0, 0.1) is 10.1 Å². The normalized spacial score (nSPS) is 12.4. The second kappa shape index (κ2) is 7.22. The molecule has 8 heteroatoms. The molecule has 1 N–H and O–H groups in total. The zero-order valence-electron chi connectivity index (χ0n) is 12.9.